The summed E-state index contributed by atoms with van der Waals surface area (Å²) >= 11 is 0. The molecule has 0 saturated heterocycles. The molecule has 0 aromatic heterocycles. The number of allylic oxidation sites excluding steroid dienone is 6. The predicted molar refractivity (Wildman–Crippen MR) is 330 cm³/mol. The SMILES string of the molecule is CCCCCCC/C=C\C/C=C\C/C=C\CCCCCCCCCCCCC(=O)OC(COC(=O)CCCCCCCCC)COC(=O)CCCCCCCCCCCCCCCCCCCCCCCCCCCC. The minimum Gasteiger partial charge on any atom is -0.462 e. The molecule has 0 radical (unpaired) electrons. The Labute approximate surface area is 474 Å². The second kappa shape index (κ2) is 65.2. The highest BCUT2D eigenvalue weighted by atomic mass is 16.6. The molecule has 0 aromatic rings. The van der Waals surface area contributed by atoms with Crippen molar-refractivity contribution in [2.75, 3.05) is 13.2 Å². The van der Waals surface area contributed by atoms with Gasteiger partial charge in [-0.1, -0.05) is 333 Å². The van der Waals surface area contributed by atoms with E-state index in [1.165, 1.54) is 263 Å². The molecule has 6 heteroatoms. The van der Waals surface area contributed by atoms with E-state index in [2.05, 4.69) is 57.2 Å². The van der Waals surface area contributed by atoms with Gasteiger partial charge in [-0.15, -0.1) is 0 Å². The Morgan fingerprint density at radius 3 is 0.737 bits per heavy atom. The maximum Gasteiger partial charge on any atom is 0.306 e. The third-order valence-corrected chi connectivity index (χ3v) is 15.4. The van der Waals surface area contributed by atoms with Crippen molar-refractivity contribution in [1.29, 1.82) is 0 Å². The maximum absolute atomic E-state index is 12.9. The first-order valence-electron chi connectivity index (χ1n) is 34.0. The first-order chi connectivity index (χ1) is 37.5. The summed E-state index contributed by atoms with van der Waals surface area (Å²) in [5.74, 6) is -0.856. The van der Waals surface area contributed by atoms with Crippen LogP contribution in [-0.4, -0.2) is 37.2 Å². The molecule has 0 aromatic carbocycles. The van der Waals surface area contributed by atoms with E-state index in [0.29, 0.717) is 19.3 Å². The summed E-state index contributed by atoms with van der Waals surface area (Å²) in [7, 11) is 0. The second-order valence-electron chi connectivity index (χ2n) is 23.1. The largest absolute Gasteiger partial charge is 0.462 e. The summed E-state index contributed by atoms with van der Waals surface area (Å²) < 4.78 is 16.9. The van der Waals surface area contributed by atoms with Crippen molar-refractivity contribution in [3.63, 3.8) is 0 Å². The lowest BCUT2D eigenvalue weighted by molar-refractivity contribution is -0.167. The topological polar surface area (TPSA) is 78.9 Å². The second-order valence-corrected chi connectivity index (χ2v) is 23.1. The van der Waals surface area contributed by atoms with E-state index in [1.54, 1.807) is 0 Å². The van der Waals surface area contributed by atoms with Crippen LogP contribution in [0.3, 0.4) is 0 Å². The third-order valence-electron chi connectivity index (χ3n) is 15.4. The van der Waals surface area contributed by atoms with Crippen molar-refractivity contribution in [2.24, 2.45) is 0 Å². The summed E-state index contributed by atoms with van der Waals surface area (Å²) in [4.78, 5) is 38.1. The van der Waals surface area contributed by atoms with Crippen LogP contribution < -0.4 is 0 Å². The van der Waals surface area contributed by atoms with Gasteiger partial charge in [0.05, 0.1) is 0 Å². The maximum atomic E-state index is 12.9. The smallest absolute Gasteiger partial charge is 0.306 e. The molecule has 0 bridgehead atoms. The lowest BCUT2D eigenvalue weighted by atomic mass is 10.0. The van der Waals surface area contributed by atoms with Gasteiger partial charge in [-0.2, -0.15) is 0 Å². The number of hydrogen-bond acceptors (Lipinski definition) is 6. The molecule has 0 heterocycles. The van der Waals surface area contributed by atoms with Gasteiger partial charge in [0, 0.05) is 19.3 Å². The van der Waals surface area contributed by atoms with Crippen molar-refractivity contribution in [3.8, 4) is 0 Å². The molecular weight excluding hydrogens is 937 g/mol. The van der Waals surface area contributed by atoms with Gasteiger partial charge in [-0.3, -0.25) is 14.4 Å². The monoisotopic (exact) mass is 1070 g/mol. The summed E-state index contributed by atoms with van der Waals surface area (Å²) in [6, 6.07) is 0. The molecule has 0 aliphatic carbocycles. The summed E-state index contributed by atoms with van der Waals surface area (Å²) in [6.45, 7) is 6.65. The number of esters is 3. The van der Waals surface area contributed by atoms with Crippen LogP contribution in [0.25, 0.3) is 0 Å². The van der Waals surface area contributed by atoms with Gasteiger partial charge in [0.15, 0.2) is 6.10 Å². The van der Waals surface area contributed by atoms with Gasteiger partial charge in [0.25, 0.3) is 0 Å². The van der Waals surface area contributed by atoms with Gasteiger partial charge in [0.1, 0.15) is 13.2 Å². The molecule has 0 saturated carbocycles. The Balaban J connectivity index is 4.06. The van der Waals surface area contributed by atoms with Crippen molar-refractivity contribution < 1.29 is 28.6 Å². The van der Waals surface area contributed by atoms with Gasteiger partial charge < -0.3 is 14.2 Å². The fourth-order valence-corrected chi connectivity index (χ4v) is 10.3. The molecule has 446 valence electrons. The molecular formula is C70H130O6. The van der Waals surface area contributed by atoms with Gasteiger partial charge >= 0.3 is 17.9 Å². The van der Waals surface area contributed by atoms with Gasteiger partial charge in [-0.05, 0) is 57.8 Å². The van der Waals surface area contributed by atoms with E-state index < -0.39 is 6.10 Å². The van der Waals surface area contributed by atoms with Crippen LogP contribution in [0.4, 0.5) is 0 Å². The predicted octanol–water partition coefficient (Wildman–Crippen LogP) is 23.2. The Hall–Kier alpha value is -2.37. The van der Waals surface area contributed by atoms with E-state index >= 15 is 0 Å². The summed E-state index contributed by atoms with van der Waals surface area (Å²) in [5, 5.41) is 0. The van der Waals surface area contributed by atoms with E-state index in [0.717, 1.165) is 70.6 Å². The van der Waals surface area contributed by atoms with E-state index in [-0.39, 0.29) is 31.1 Å². The first kappa shape index (κ1) is 73.6. The number of unbranched alkanes of at least 4 members (excludes halogenated alkanes) is 46. The Morgan fingerprint density at radius 2 is 0.474 bits per heavy atom. The number of rotatable bonds is 63. The fraction of sp³-hybridized carbons (Fsp3) is 0.871. The van der Waals surface area contributed by atoms with Gasteiger partial charge in [-0.25, -0.2) is 0 Å². The Bertz CT molecular complexity index is 1270. The average Bonchev–Trinajstić information content (AvgIpc) is 3.42. The van der Waals surface area contributed by atoms with Crippen LogP contribution in [0.5, 0.6) is 0 Å². The molecule has 0 amide bonds. The molecule has 6 nitrogen and oxygen atoms in total. The summed E-state index contributed by atoms with van der Waals surface area (Å²) in [6.07, 6.45) is 80.5. The zero-order valence-electron chi connectivity index (χ0n) is 51.3. The van der Waals surface area contributed by atoms with Crippen LogP contribution in [-0.2, 0) is 28.6 Å². The molecule has 1 atom stereocenters. The molecule has 0 rings (SSSR count). The highest BCUT2D eigenvalue weighted by Crippen LogP contribution is 2.18. The average molecular weight is 1070 g/mol. The zero-order chi connectivity index (χ0) is 55.0. The normalized spacial score (nSPS) is 12.2. The highest BCUT2D eigenvalue weighted by molar-refractivity contribution is 5.71. The van der Waals surface area contributed by atoms with Crippen LogP contribution in [0.15, 0.2) is 36.5 Å². The minimum atomic E-state index is -0.770. The van der Waals surface area contributed by atoms with E-state index in [4.69, 9.17) is 14.2 Å². The molecule has 0 fully saturated rings. The van der Waals surface area contributed by atoms with E-state index in [1.807, 2.05) is 0 Å². The minimum absolute atomic E-state index is 0.0687. The quantitative estimate of drug-likeness (QED) is 0.0261. The summed E-state index contributed by atoms with van der Waals surface area (Å²) in [5.41, 5.74) is 0. The molecule has 0 N–H and O–H groups in total. The van der Waals surface area contributed by atoms with Crippen LogP contribution in [0.1, 0.15) is 374 Å². The number of carbonyl (C=O) groups is 3. The highest BCUT2D eigenvalue weighted by Gasteiger charge is 2.19. The molecule has 1 unspecified atom stereocenters. The van der Waals surface area contributed by atoms with E-state index in [9.17, 15) is 14.4 Å². The number of carbonyl (C=O) groups excluding carboxylic acids is 3. The zero-order valence-corrected chi connectivity index (χ0v) is 51.3. The Morgan fingerprint density at radius 1 is 0.263 bits per heavy atom. The molecule has 0 spiro atoms. The van der Waals surface area contributed by atoms with Crippen LogP contribution >= 0.6 is 0 Å². The van der Waals surface area contributed by atoms with Gasteiger partial charge in [0.2, 0.25) is 0 Å². The van der Waals surface area contributed by atoms with Crippen molar-refractivity contribution in [1.82, 2.24) is 0 Å². The number of ether oxygens (including phenoxy) is 3. The van der Waals surface area contributed by atoms with Crippen LogP contribution in [0, 0.1) is 0 Å². The van der Waals surface area contributed by atoms with Crippen molar-refractivity contribution in [3.05, 3.63) is 36.5 Å². The molecule has 0 aliphatic heterocycles. The third kappa shape index (κ3) is 62.5. The lowest BCUT2D eigenvalue weighted by Crippen LogP contribution is -2.30. The van der Waals surface area contributed by atoms with Crippen LogP contribution in [0.2, 0.25) is 0 Å². The lowest BCUT2D eigenvalue weighted by Gasteiger charge is -2.18. The molecule has 0 aliphatic rings. The van der Waals surface area contributed by atoms with Crippen molar-refractivity contribution in [2.45, 2.75) is 380 Å². The first-order valence-corrected chi connectivity index (χ1v) is 34.0. The van der Waals surface area contributed by atoms with Crippen molar-refractivity contribution >= 4 is 17.9 Å². The standard InChI is InChI=1S/C70H130O6/c1-4-7-10-13-16-18-20-22-24-26-28-30-32-34-36-37-39-41-43-45-47-49-51-54-57-60-63-69(72)75-66-67(65-74-68(71)62-59-56-53-15-12-9-6-3)76-70(73)64-61-58-55-52-50-48-46-44-42-40-38-35-33-31-29-27-25-23-21-19-17-14-11-8-5-2/h21,23,27,29,33,35,67H,4-20,22,24-26,28,30-32,34,36-66H2,1-3H3/b23-21-,29-27-,35-33-. The fourth-order valence-electron chi connectivity index (χ4n) is 10.3. The number of hydrogen-bond donors (Lipinski definition) is 0. The Kier molecular flexibility index (Phi) is 63.1. The molecule has 76 heavy (non-hydrogen) atoms.